The topological polar surface area (TPSA) is 73.7 Å². The molecule has 1 heterocycles. The Kier molecular flexibility index (Phi) is 4.99. The molecule has 0 spiro atoms. The van der Waals surface area contributed by atoms with Crippen molar-refractivity contribution < 1.29 is 26.1 Å². The quantitative estimate of drug-likeness (QED) is 0.527. The molecular formula is C8H18F3N2O3PS. The third kappa shape index (κ3) is 3.77. The van der Waals surface area contributed by atoms with Crippen LogP contribution in [0, 0.1) is 5.21 Å². The molecule has 0 aromatic heterocycles. The van der Waals surface area contributed by atoms with E-state index < -0.39 is 33.8 Å². The molecule has 1 unspecified atom stereocenters. The Morgan fingerprint density at radius 2 is 1.83 bits per heavy atom. The van der Waals surface area contributed by atoms with E-state index in [-0.39, 0.29) is 0 Å². The van der Waals surface area contributed by atoms with Crippen LogP contribution in [0.15, 0.2) is 0 Å². The van der Waals surface area contributed by atoms with Crippen LogP contribution in [0.25, 0.3) is 0 Å². The number of hydrogen-bond donors (Lipinski definition) is 2. The van der Waals surface area contributed by atoms with E-state index in [2.05, 4.69) is 5.32 Å². The standard InChI is InChI=1S/C8H18F3N2O3PS/c1-17(5-2-12-3-6-17)7-4-13(14)18(15,16)8(9,10)11/h12-13,17H,2-7H2,1H3. The Labute approximate surface area is 105 Å². The first-order chi connectivity index (χ1) is 8.08. The maximum atomic E-state index is 12.1. The molecule has 0 bridgehead atoms. The Bertz CT molecular complexity index is 382. The molecule has 0 radical (unpaired) electrons. The van der Waals surface area contributed by atoms with Gasteiger partial charge in [0, 0.05) is 0 Å². The summed E-state index contributed by atoms with van der Waals surface area (Å²) >= 11 is 0. The molecule has 1 fully saturated rings. The van der Waals surface area contributed by atoms with Crippen molar-refractivity contribution in [1.29, 1.82) is 0 Å². The molecule has 1 rings (SSSR count). The second-order valence-electron chi connectivity index (χ2n) is 4.88. The monoisotopic (exact) mass is 310 g/mol. The Hall–Kier alpha value is 0.0500. The van der Waals surface area contributed by atoms with E-state index in [9.17, 15) is 26.8 Å². The second-order valence-corrected chi connectivity index (χ2v) is 11.9. The van der Waals surface area contributed by atoms with Gasteiger partial charge in [0.2, 0.25) is 0 Å². The first-order valence-corrected chi connectivity index (χ1v) is 10.2. The van der Waals surface area contributed by atoms with Crippen molar-refractivity contribution in [2.75, 3.05) is 44.8 Å². The number of rotatable bonds is 4. The zero-order valence-corrected chi connectivity index (χ0v) is 11.8. The summed E-state index contributed by atoms with van der Waals surface area (Å²) in [6.45, 7) is 3.08. The van der Waals surface area contributed by atoms with Gasteiger partial charge >= 0.3 is 104 Å². The van der Waals surface area contributed by atoms with E-state index >= 15 is 0 Å². The number of sulfonamides is 1. The molecule has 110 valence electrons. The van der Waals surface area contributed by atoms with Crippen molar-refractivity contribution in [3.63, 3.8) is 0 Å². The summed E-state index contributed by atoms with van der Waals surface area (Å²) in [5, 5.41) is 14.3. The number of hydrogen-bond acceptors (Lipinski definition) is 4. The minimum absolute atomic E-state index is 0.308. The molecule has 0 amide bonds. The van der Waals surface area contributed by atoms with Gasteiger partial charge in [-0.25, -0.2) is 0 Å². The van der Waals surface area contributed by atoms with Crippen molar-refractivity contribution in [3.8, 4) is 0 Å². The van der Waals surface area contributed by atoms with Crippen LogP contribution in [-0.4, -0.2) is 58.7 Å². The molecule has 0 aliphatic carbocycles. The Morgan fingerprint density at radius 3 is 2.28 bits per heavy atom. The zero-order valence-electron chi connectivity index (χ0n) is 10.0. The summed E-state index contributed by atoms with van der Waals surface area (Å²) in [7, 11) is -7.39. The van der Waals surface area contributed by atoms with Crippen molar-refractivity contribution in [1.82, 2.24) is 5.32 Å². The second kappa shape index (κ2) is 5.58. The molecule has 1 aliphatic heterocycles. The summed E-state index contributed by atoms with van der Waals surface area (Å²) in [5.74, 6) is 0. The Balaban J connectivity index is 2.58. The molecule has 0 saturated carbocycles. The van der Waals surface area contributed by atoms with E-state index in [1.807, 2.05) is 6.66 Å². The van der Waals surface area contributed by atoms with Crippen molar-refractivity contribution in [3.05, 3.63) is 5.21 Å². The number of halogens is 3. The van der Waals surface area contributed by atoms with Crippen LogP contribution in [0.5, 0.6) is 0 Å². The van der Waals surface area contributed by atoms with E-state index in [4.69, 9.17) is 0 Å². The molecule has 18 heavy (non-hydrogen) atoms. The van der Waals surface area contributed by atoms with Crippen molar-refractivity contribution >= 4 is 17.3 Å². The predicted molar refractivity (Wildman–Crippen MR) is 65.9 cm³/mol. The molecular weight excluding hydrogens is 292 g/mol. The maximum absolute atomic E-state index is 12.1. The minimum atomic E-state index is -5.64. The third-order valence-corrected chi connectivity index (χ3v) is 9.13. The number of nitrogens with one attached hydrogen (secondary N) is 2. The summed E-state index contributed by atoms with van der Waals surface area (Å²) < 4.78 is 56.4. The molecule has 1 atom stereocenters. The predicted octanol–water partition coefficient (Wildman–Crippen LogP) is -0.798. The van der Waals surface area contributed by atoms with E-state index in [1.165, 1.54) is 0 Å². The van der Waals surface area contributed by atoms with Gasteiger partial charge in [-0.2, -0.15) is 0 Å². The summed E-state index contributed by atoms with van der Waals surface area (Å²) in [5.41, 5.74) is -5.47. The third-order valence-electron chi connectivity index (χ3n) is 3.35. The Morgan fingerprint density at radius 1 is 1.33 bits per heavy atom. The average molecular weight is 310 g/mol. The van der Waals surface area contributed by atoms with Gasteiger partial charge in [-0.05, 0) is 0 Å². The van der Waals surface area contributed by atoms with Gasteiger partial charge in [-0.1, -0.05) is 0 Å². The van der Waals surface area contributed by atoms with Crippen LogP contribution in [0.4, 0.5) is 13.2 Å². The number of quaternary nitrogens is 1. The number of hydroxylamine groups is 1. The summed E-state index contributed by atoms with van der Waals surface area (Å²) in [6.07, 6.45) is 2.04. The van der Waals surface area contributed by atoms with Gasteiger partial charge in [0.1, 0.15) is 0 Å². The van der Waals surface area contributed by atoms with Crippen molar-refractivity contribution in [2.45, 2.75) is 5.51 Å². The van der Waals surface area contributed by atoms with Gasteiger partial charge < -0.3 is 0 Å². The number of alkyl halides is 3. The normalized spacial score (nSPS) is 24.5. The van der Waals surface area contributed by atoms with Gasteiger partial charge in [0.25, 0.3) is 0 Å². The average Bonchev–Trinajstić information content (AvgIpc) is 2.25. The van der Waals surface area contributed by atoms with E-state index in [0.29, 0.717) is 6.16 Å². The first-order valence-electron chi connectivity index (χ1n) is 5.63. The first kappa shape index (κ1) is 16.1. The van der Waals surface area contributed by atoms with Gasteiger partial charge in [0.15, 0.2) is 0 Å². The summed E-state index contributed by atoms with van der Waals surface area (Å²) in [4.78, 5) is 0. The van der Waals surface area contributed by atoms with Crippen molar-refractivity contribution in [2.24, 2.45) is 0 Å². The fourth-order valence-electron chi connectivity index (χ4n) is 1.95. The van der Waals surface area contributed by atoms with Gasteiger partial charge in [-0.15, -0.1) is 0 Å². The van der Waals surface area contributed by atoms with Crippen LogP contribution < -0.4 is 9.79 Å². The molecule has 2 N–H and O–H groups in total. The molecule has 0 aromatic carbocycles. The SMILES string of the molecule is C[PH]1(CC[NH+]([O-])S(=O)(=O)C(F)(F)F)CCNCC1. The van der Waals surface area contributed by atoms with E-state index in [0.717, 1.165) is 25.4 Å². The van der Waals surface area contributed by atoms with Crippen LogP contribution in [0.1, 0.15) is 0 Å². The van der Waals surface area contributed by atoms with Crippen LogP contribution in [0.2, 0.25) is 0 Å². The van der Waals surface area contributed by atoms with Crippen LogP contribution in [-0.2, 0) is 10.0 Å². The molecule has 1 aliphatic rings. The summed E-state index contributed by atoms with van der Waals surface area (Å²) in [6, 6.07) is 0. The molecule has 10 heteroatoms. The fraction of sp³-hybridized carbons (Fsp3) is 1.00. The fourth-order valence-corrected chi connectivity index (χ4v) is 5.90. The van der Waals surface area contributed by atoms with Crippen LogP contribution in [0.3, 0.4) is 0 Å². The van der Waals surface area contributed by atoms with Gasteiger partial charge in [0.05, 0.1) is 0 Å². The van der Waals surface area contributed by atoms with Gasteiger partial charge in [-0.3, -0.25) is 0 Å². The molecule has 5 nitrogen and oxygen atoms in total. The molecule has 0 aromatic rings. The van der Waals surface area contributed by atoms with Crippen LogP contribution >= 0.6 is 7.26 Å². The van der Waals surface area contributed by atoms with E-state index in [1.54, 1.807) is 0 Å². The zero-order chi connectivity index (χ0) is 14.0. The molecule has 1 saturated heterocycles.